The quantitative estimate of drug-likeness (QED) is 0.715. The number of thiazole rings is 1. The van der Waals surface area contributed by atoms with Gasteiger partial charge < -0.3 is 5.32 Å². The average Bonchev–Trinajstić information content (AvgIpc) is 3.06. The smallest absolute Gasteiger partial charge is 0.144 e. The summed E-state index contributed by atoms with van der Waals surface area (Å²) in [7, 11) is 0. The zero-order chi connectivity index (χ0) is 15.6. The first-order valence-corrected chi connectivity index (χ1v) is 9.70. The predicted molar refractivity (Wildman–Crippen MR) is 100 cm³/mol. The van der Waals surface area contributed by atoms with Crippen LogP contribution in [0.2, 0.25) is 0 Å². The normalized spacial score (nSPS) is 14.9. The lowest BCUT2D eigenvalue weighted by Gasteiger charge is -2.10. The van der Waals surface area contributed by atoms with Crippen molar-refractivity contribution >= 4 is 39.0 Å². The van der Waals surface area contributed by atoms with Gasteiger partial charge in [0.15, 0.2) is 0 Å². The predicted octanol–water partition coefficient (Wildman–Crippen LogP) is 4.46. The Bertz CT molecular complexity index is 866. The summed E-state index contributed by atoms with van der Waals surface area (Å²) >= 11 is 3.45. The van der Waals surface area contributed by atoms with Crippen LogP contribution in [0.4, 0.5) is 0 Å². The highest BCUT2D eigenvalue weighted by atomic mass is 32.2. The molecular weight excluding hydrogens is 322 g/mol. The molecule has 0 aliphatic carbocycles. The minimum Gasteiger partial charge on any atom is -0.313 e. The Morgan fingerprint density at radius 3 is 2.70 bits per heavy atom. The molecule has 0 amide bonds. The molecule has 1 aromatic carbocycles. The van der Waals surface area contributed by atoms with Crippen LogP contribution in [0.25, 0.3) is 27.2 Å². The fraction of sp³-hybridized carbons (Fsp3) is 0.222. The number of hydrogen-bond acceptors (Lipinski definition) is 5. The fourth-order valence-corrected chi connectivity index (χ4v) is 4.11. The maximum Gasteiger partial charge on any atom is 0.144 e. The molecule has 23 heavy (non-hydrogen) atoms. The van der Waals surface area contributed by atoms with Gasteiger partial charge in [-0.2, -0.15) is 0 Å². The third-order valence-corrected chi connectivity index (χ3v) is 5.76. The molecule has 1 aliphatic heterocycles. The van der Waals surface area contributed by atoms with E-state index in [1.54, 1.807) is 23.1 Å². The molecular formula is C18H17N3S2. The summed E-state index contributed by atoms with van der Waals surface area (Å²) in [5.41, 5.74) is 4.51. The van der Waals surface area contributed by atoms with E-state index in [0.29, 0.717) is 0 Å². The number of nitrogens with zero attached hydrogens (tertiary/aromatic N) is 2. The number of nitrogens with one attached hydrogen (secondary N) is 1. The highest BCUT2D eigenvalue weighted by Gasteiger charge is 2.12. The van der Waals surface area contributed by atoms with E-state index in [-0.39, 0.29) is 0 Å². The van der Waals surface area contributed by atoms with Crippen molar-refractivity contribution in [2.75, 3.05) is 19.3 Å². The van der Waals surface area contributed by atoms with Gasteiger partial charge in [0.1, 0.15) is 15.4 Å². The number of benzene rings is 1. The maximum absolute atomic E-state index is 4.82. The largest absolute Gasteiger partial charge is 0.313 e. The first-order chi connectivity index (χ1) is 11.3. The summed E-state index contributed by atoms with van der Waals surface area (Å²) in [6.45, 7) is 1.97. The van der Waals surface area contributed by atoms with Gasteiger partial charge in [0.2, 0.25) is 0 Å². The van der Waals surface area contributed by atoms with E-state index in [1.165, 1.54) is 10.5 Å². The Hall–Kier alpha value is -1.69. The molecule has 3 aromatic rings. The molecule has 3 heterocycles. The molecule has 0 fully saturated rings. The average molecular weight is 339 g/mol. The molecule has 3 nitrogen and oxygen atoms in total. The van der Waals surface area contributed by atoms with Gasteiger partial charge in [-0.25, -0.2) is 9.97 Å². The third-order valence-electron chi connectivity index (χ3n) is 3.98. The second-order valence-corrected chi connectivity index (χ2v) is 7.31. The van der Waals surface area contributed by atoms with Crippen LogP contribution in [0, 0.1) is 0 Å². The molecule has 0 saturated heterocycles. The second kappa shape index (κ2) is 6.43. The van der Waals surface area contributed by atoms with E-state index >= 15 is 0 Å². The Morgan fingerprint density at radius 2 is 1.96 bits per heavy atom. The van der Waals surface area contributed by atoms with Crippen LogP contribution in [0.1, 0.15) is 11.4 Å². The number of aromatic nitrogens is 2. The molecule has 0 saturated carbocycles. The van der Waals surface area contributed by atoms with Crippen molar-refractivity contribution in [3.05, 3.63) is 47.5 Å². The molecule has 0 bridgehead atoms. The molecule has 2 aromatic heterocycles. The Balaban J connectivity index is 1.71. The van der Waals surface area contributed by atoms with Crippen LogP contribution in [0.15, 0.2) is 47.4 Å². The van der Waals surface area contributed by atoms with Gasteiger partial charge in [-0.15, -0.1) is 11.8 Å². The lowest BCUT2D eigenvalue weighted by atomic mass is 10.1. The topological polar surface area (TPSA) is 37.8 Å². The van der Waals surface area contributed by atoms with Crippen LogP contribution in [0.3, 0.4) is 0 Å². The summed E-state index contributed by atoms with van der Waals surface area (Å²) in [5.74, 6) is 0. The Labute approximate surface area is 143 Å². The summed E-state index contributed by atoms with van der Waals surface area (Å²) in [5, 5.41) is 4.46. The Morgan fingerprint density at radius 1 is 1.09 bits per heavy atom. The monoisotopic (exact) mass is 339 g/mol. The van der Waals surface area contributed by atoms with E-state index in [2.05, 4.69) is 54.0 Å². The minimum absolute atomic E-state index is 0.936. The van der Waals surface area contributed by atoms with E-state index < -0.39 is 0 Å². The molecule has 0 atom stereocenters. The van der Waals surface area contributed by atoms with Crippen molar-refractivity contribution < 1.29 is 0 Å². The fourth-order valence-electron chi connectivity index (χ4n) is 2.69. The van der Waals surface area contributed by atoms with E-state index in [1.807, 2.05) is 0 Å². The molecule has 4 rings (SSSR count). The highest BCUT2D eigenvalue weighted by Crippen LogP contribution is 2.30. The van der Waals surface area contributed by atoms with Crippen molar-refractivity contribution in [3.8, 4) is 11.3 Å². The van der Waals surface area contributed by atoms with E-state index in [0.717, 1.165) is 46.1 Å². The van der Waals surface area contributed by atoms with E-state index in [4.69, 9.17) is 9.97 Å². The zero-order valence-corrected chi connectivity index (χ0v) is 14.5. The van der Waals surface area contributed by atoms with Gasteiger partial charge in [0.05, 0.1) is 5.69 Å². The summed E-state index contributed by atoms with van der Waals surface area (Å²) in [4.78, 5) is 11.9. The molecule has 0 unspecified atom stereocenters. The summed E-state index contributed by atoms with van der Waals surface area (Å²) < 4.78 is 0. The lowest BCUT2D eigenvalue weighted by molar-refractivity contribution is 0.738. The van der Waals surface area contributed by atoms with Crippen LogP contribution in [0.5, 0.6) is 0 Å². The number of hydrogen-bond donors (Lipinski definition) is 1. The first-order valence-electron chi connectivity index (χ1n) is 7.65. The van der Waals surface area contributed by atoms with Crippen molar-refractivity contribution in [1.82, 2.24) is 15.3 Å². The molecule has 1 N–H and O–H groups in total. The molecule has 5 heteroatoms. The minimum atomic E-state index is 0.936. The van der Waals surface area contributed by atoms with Crippen molar-refractivity contribution in [2.45, 2.75) is 11.3 Å². The van der Waals surface area contributed by atoms with Crippen LogP contribution < -0.4 is 5.32 Å². The molecule has 116 valence electrons. The SMILES string of the molecule is CSc1ccc(-c2ccc3nc(C4=CCNCC4)sc3n2)cc1. The highest BCUT2D eigenvalue weighted by molar-refractivity contribution is 7.98. The number of rotatable bonds is 3. The van der Waals surface area contributed by atoms with Gasteiger partial charge in [-0.1, -0.05) is 29.5 Å². The lowest BCUT2D eigenvalue weighted by Crippen LogP contribution is -2.19. The molecule has 0 radical (unpaired) electrons. The Kier molecular flexibility index (Phi) is 4.16. The number of thioether (sulfide) groups is 1. The third kappa shape index (κ3) is 3.04. The van der Waals surface area contributed by atoms with Gasteiger partial charge in [-0.3, -0.25) is 0 Å². The van der Waals surface area contributed by atoms with Gasteiger partial charge in [0, 0.05) is 17.0 Å². The molecule has 1 aliphatic rings. The van der Waals surface area contributed by atoms with Crippen LogP contribution >= 0.6 is 23.1 Å². The molecule has 0 spiro atoms. The number of pyridine rings is 1. The van der Waals surface area contributed by atoms with Crippen LogP contribution in [-0.2, 0) is 0 Å². The van der Waals surface area contributed by atoms with E-state index in [9.17, 15) is 0 Å². The van der Waals surface area contributed by atoms with Crippen molar-refractivity contribution in [3.63, 3.8) is 0 Å². The second-order valence-electron chi connectivity index (χ2n) is 5.45. The maximum atomic E-state index is 4.82. The summed E-state index contributed by atoms with van der Waals surface area (Å²) in [6, 6.07) is 12.7. The zero-order valence-electron chi connectivity index (χ0n) is 12.9. The van der Waals surface area contributed by atoms with Gasteiger partial charge >= 0.3 is 0 Å². The van der Waals surface area contributed by atoms with Crippen molar-refractivity contribution in [2.24, 2.45) is 0 Å². The van der Waals surface area contributed by atoms with Gasteiger partial charge in [-0.05, 0) is 49.1 Å². The van der Waals surface area contributed by atoms with Crippen LogP contribution in [-0.4, -0.2) is 29.3 Å². The number of fused-ring (bicyclic) bond motifs is 1. The standard InChI is InChI=1S/C18H17N3S2/c1-22-14-4-2-12(3-5-14)15-6-7-16-18(20-15)23-17(21-16)13-8-10-19-11-9-13/h2-8,19H,9-11H2,1H3. The van der Waals surface area contributed by atoms with Crippen molar-refractivity contribution in [1.29, 1.82) is 0 Å². The summed E-state index contributed by atoms with van der Waals surface area (Å²) in [6.07, 6.45) is 5.37. The van der Waals surface area contributed by atoms with Gasteiger partial charge in [0.25, 0.3) is 0 Å². The first kappa shape index (κ1) is 14.9.